The summed E-state index contributed by atoms with van der Waals surface area (Å²) in [6.07, 6.45) is 4.19. The van der Waals surface area contributed by atoms with Crippen LogP contribution in [0.25, 0.3) is 6.08 Å². The quantitative estimate of drug-likeness (QED) is 0.669. The van der Waals surface area contributed by atoms with Crippen molar-refractivity contribution in [1.82, 2.24) is 10.9 Å². The van der Waals surface area contributed by atoms with Gasteiger partial charge in [0.05, 0.1) is 18.9 Å². The Morgan fingerprint density at radius 3 is 2.77 bits per heavy atom. The zero-order chi connectivity index (χ0) is 15.9. The molecule has 0 saturated carbocycles. The van der Waals surface area contributed by atoms with Gasteiger partial charge in [0.15, 0.2) is 0 Å². The van der Waals surface area contributed by atoms with Gasteiger partial charge in [-0.3, -0.25) is 20.4 Å². The van der Waals surface area contributed by atoms with Crippen molar-refractivity contribution in [2.45, 2.75) is 0 Å². The number of amides is 2. The van der Waals surface area contributed by atoms with Gasteiger partial charge in [-0.1, -0.05) is 11.6 Å². The summed E-state index contributed by atoms with van der Waals surface area (Å²) in [4.78, 5) is 23.6. The lowest BCUT2D eigenvalue weighted by Gasteiger charge is -2.09. The summed E-state index contributed by atoms with van der Waals surface area (Å²) < 4.78 is 10.1. The Balaban J connectivity index is 1.95. The number of nitrogens with one attached hydrogen (secondary N) is 2. The molecular weight excluding hydrogens is 308 g/mol. The lowest BCUT2D eigenvalue weighted by atomic mass is 10.2. The van der Waals surface area contributed by atoms with Crippen molar-refractivity contribution in [3.05, 3.63) is 59.0 Å². The molecule has 0 aliphatic carbocycles. The molecule has 0 spiro atoms. The molecule has 2 aromatic rings. The van der Waals surface area contributed by atoms with E-state index in [0.717, 1.165) is 0 Å². The molecule has 0 atom stereocenters. The Labute approximate surface area is 131 Å². The third kappa shape index (κ3) is 4.13. The highest BCUT2D eigenvalue weighted by Gasteiger charge is 2.13. The Morgan fingerprint density at radius 1 is 1.27 bits per heavy atom. The number of hydrogen-bond donors (Lipinski definition) is 2. The van der Waals surface area contributed by atoms with Crippen LogP contribution in [0.5, 0.6) is 5.75 Å². The van der Waals surface area contributed by atoms with Gasteiger partial charge in [0.25, 0.3) is 11.8 Å². The fraction of sp³-hybridized carbons (Fsp3) is 0.0667. The summed E-state index contributed by atoms with van der Waals surface area (Å²) in [5.74, 6) is -0.176. The second-order valence-electron chi connectivity index (χ2n) is 4.14. The first-order valence-electron chi connectivity index (χ1n) is 6.25. The molecule has 6 nitrogen and oxygen atoms in total. The maximum Gasteiger partial charge on any atom is 0.273 e. The summed E-state index contributed by atoms with van der Waals surface area (Å²) >= 11 is 5.84. The first-order chi connectivity index (χ1) is 10.6. The number of halogens is 1. The normalized spacial score (nSPS) is 10.5. The van der Waals surface area contributed by atoms with Crippen LogP contribution in [0.2, 0.25) is 5.02 Å². The van der Waals surface area contributed by atoms with E-state index >= 15 is 0 Å². The maximum absolute atomic E-state index is 12.0. The Kier molecular flexibility index (Phi) is 5.21. The number of rotatable bonds is 4. The Bertz CT molecular complexity index is 696. The smallest absolute Gasteiger partial charge is 0.273 e. The number of carbonyl (C=O) groups is 2. The Hall–Kier alpha value is -2.73. The highest BCUT2D eigenvalue weighted by atomic mass is 35.5. The average Bonchev–Trinajstić information content (AvgIpc) is 3.04. The highest BCUT2D eigenvalue weighted by Crippen LogP contribution is 2.22. The molecule has 0 bridgehead atoms. The maximum atomic E-state index is 12.0. The Morgan fingerprint density at radius 2 is 2.09 bits per heavy atom. The zero-order valence-corrected chi connectivity index (χ0v) is 12.4. The SMILES string of the molecule is COc1ccc(Cl)cc1C(=O)NNC(=O)/C=C/c1ccco1. The molecule has 1 heterocycles. The van der Waals surface area contributed by atoms with Crippen LogP contribution in [0, 0.1) is 0 Å². The number of benzene rings is 1. The van der Waals surface area contributed by atoms with E-state index in [0.29, 0.717) is 16.5 Å². The predicted octanol–water partition coefficient (Wildman–Crippen LogP) is 2.42. The molecule has 1 aromatic carbocycles. The number of hydrazine groups is 1. The second kappa shape index (κ2) is 7.33. The number of ether oxygens (including phenoxy) is 1. The van der Waals surface area contributed by atoms with E-state index in [-0.39, 0.29) is 5.56 Å². The minimum absolute atomic E-state index is 0.213. The van der Waals surface area contributed by atoms with E-state index in [1.54, 1.807) is 24.3 Å². The molecule has 0 aliphatic heterocycles. The fourth-order valence-corrected chi connectivity index (χ4v) is 1.80. The van der Waals surface area contributed by atoms with E-state index in [1.807, 2.05) is 0 Å². The topological polar surface area (TPSA) is 80.6 Å². The van der Waals surface area contributed by atoms with E-state index in [1.165, 1.54) is 31.6 Å². The van der Waals surface area contributed by atoms with Crippen molar-refractivity contribution in [3.63, 3.8) is 0 Å². The third-order valence-corrected chi connectivity index (χ3v) is 2.88. The van der Waals surface area contributed by atoms with Gasteiger partial charge in [0, 0.05) is 11.1 Å². The lowest BCUT2D eigenvalue weighted by Crippen LogP contribution is -2.40. The lowest BCUT2D eigenvalue weighted by molar-refractivity contribution is -0.117. The van der Waals surface area contributed by atoms with E-state index < -0.39 is 11.8 Å². The van der Waals surface area contributed by atoms with Crippen LogP contribution in [0.4, 0.5) is 0 Å². The first-order valence-corrected chi connectivity index (χ1v) is 6.63. The molecule has 114 valence electrons. The summed E-state index contributed by atoms with van der Waals surface area (Å²) in [6.45, 7) is 0. The molecular formula is C15H13ClN2O4. The van der Waals surface area contributed by atoms with Gasteiger partial charge >= 0.3 is 0 Å². The van der Waals surface area contributed by atoms with Crippen LogP contribution >= 0.6 is 11.6 Å². The van der Waals surface area contributed by atoms with E-state index in [4.69, 9.17) is 20.8 Å². The second-order valence-corrected chi connectivity index (χ2v) is 4.57. The fourth-order valence-electron chi connectivity index (χ4n) is 1.63. The summed E-state index contributed by atoms with van der Waals surface area (Å²) in [5.41, 5.74) is 4.73. The molecule has 0 aliphatic rings. The van der Waals surface area contributed by atoms with Crippen LogP contribution in [0.1, 0.15) is 16.1 Å². The molecule has 0 saturated heterocycles. The van der Waals surface area contributed by atoms with Crippen molar-refractivity contribution < 1.29 is 18.7 Å². The molecule has 2 amide bonds. The number of carbonyl (C=O) groups excluding carboxylic acids is 2. The van der Waals surface area contributed by atoms with Crippen molar-refractivity contribution >= 4 is 29.5 Å². The van der Waals surface area contributed by atoms with E-state index in [2.05, 4.69) is 10.9 Å². The molecule has 0 unspecified atom stereocenters. The standard InChI is InChI=1S/C15H13ClN2O4/c1-21-13-6-4-10(16)9-12(13)15(20)18-17-14(19)7-5-11-3-2-8-22-11/h2-9H,1H3,(H,17,19)(H,18,20)/b7-5+. The van der Waals surface area contributed by atoms with Crippen LogP contribution in [-0.2, 0) is 4.79 Å². The molecule has 1 aromatic heterocycles. The monoisotopic (exact) mass is 320 g/mol. The minimum atomic E-state index is -0.543. The summed E-state index contributed by atoms with van der Waals surface area (Å²) in [6, 6.07) is 8.00. The summed E-state index contributed by atoms with van der Waals surface area (Å²) in [7, 11) is 1.44. The molecule has 0 fully saturated rings. The van der Waals surface area contributed by atoms with Gasteiger partial charge < -0.3 is 9.15 Å². The molecule has 0 radical (unpaired) electrons. The minimum Gasteiger partial charge on any atom is -0.496 e. The highest BCUT2D eigenvalue weighted by molar-refractivity contribution is 6.31. The van der Waals surface area contributed by atoms with Crippen molar-refractivity contribution in [2.75, 3.05) is 7.11 Å². The van der Waals surface area contributed by atoms with Crippen molar-refractivity contribution in [2.24, 2.45) is 0 Å². The van der Waals surface area contributed by atoms with Crippen LogP contribution in [-0.4, -0.2) is 18.9 Å². The summed E-state index contributed by atoms with van der Waals surface area (Å²) in [5, 5.41) is 0.384. The molecule has 2 rings (SSSR count). The van der Waals surface area contributed by atoms with Crippen LogP contribution in [0.3, 0.4) is 0 Å². The van der Waals surface area contributed by atoms with Crippen molar-refractivity contribution in [3.8, 4) is 5.75 Å². The van der Waals surface area contributed by atoms with Gasteiger partial charge in [-0.15, -0.1) is 0 Å². The largest absolute Gasteiger partial charge is 0.496 e. The van der Waals surface area contributed by atoms with Crippen LogP contribution in [0.15, 0.2) is 47.1 Å². The van der Waals surface area contributed by atoms with Gasteiger partial charge in [-0.2, -0.15) is 0 Å². The number of methoxy groups -OCH3 is 1. The zero-order valence-electron chi connectivity index (χ0n) is 11.6. The average molecular weight is 321 g/mol. The van der Waals surface area contributed by atoms with E-state index in [9.17, 15) is 9.59 Å². The van der Waals surface area contributed by atoms with Crippen LogP contribution < -0.4 is 15.6 Å². The van der Waals surface area contributed by atoms with Gasteiger partial charge in [0.2, 0.25) is 0 Å². The number of hydrogen-bond acceptors (Lipinski definition) is 4. The van der Waals surface area contributed by atoms with Gasteiger partial charge in [0.1, 0.15) is 11.5 Å². The molecule has 2 N–H and O–H groups in total. The first kappa shape index (κ1) is 15.7. The van der Waals surface area contributed by atoms with Gasteiger partial charge in [-0.05, 0) is 36.4 Å². The van der Waals surface area contributed by atoms with Gasteiger partial charge in [-0.25, -0.2) is 0 Å². The molecule has 22 heavy (non-hydrogen) atoms. The predicted molar refractivity (Wildman–Crippen MR) is 81.4 cm³/mol. The third-order valence-electron chi connectivity index (χ3n) is 2.65. The van der Waals surface area contributed by atoms with Crippen molar-refractivity contribution in [1.29, 1.82) is 0 Å². The molecule has 7 heteroatoms. The number of furan rings is 1.